The number of hydrogen-bond donors (Lipinski definition) is 1. The van der Waals surface area contributed by atoms with Crippen LogP contribution in [0.2, 0.25) is 0 Å². The molecule has 1 atom stereocenters. The highest BCUT2D eigenvalue weighted by atomic mass is 32.1. The van der Waals surface area contributed by atoms with Gasteiger partial charge in [-0.25, -0.2) is 4.39 Å². The molecule has 0 saturated heterocycles. The quantitative estimate of drug-likeness (QED) is 0.721. The van der Waals surface area contributed by atoms with Crippen molar-refractivity contribution >= 4 is 22.9 Å². The summed E-state index contributed by atoms with van der Waals surface area (Å²) in [4.78, 5) is 13.1. The van der Waals surface area contributed by atoms with E-state index in [1.165, 1.54) is 6.07 Å². The lowest BCUT2D eigenvalue weighted by atomic mass is 9.90. The third-order valence-corrected chi connectivity index (χ3v) is 5.32. The molecule has 4 rings (SSSR count). The van der Waals surface area contributed by atoms with Crippen LogP contribution in [0.5, 0.6) is 5.75 Å². The Hall–Kier alpha value is -2.66. The summed E-state index contributed by atoms with van der Waals surface area (Å²) in [6.45, 7) is 0.172. The summed E-state index contributed by atoms with van der Waals surface area (Å²) in [7, 11) is 0. The molecule has 1 aromatic heterocycles. The lowest BCUT2D eigenvalue weighted by molar-refractivity contribution is -0.116. The maximum absolute atomic E-state index is 13.7. The van der Waals surface area contributed by atoms with Gasteiger partial charge >= 0.3 is 0 Å². The van der Waals surface area contributed by atoms with Crippen molar-refractivity contribution in [2.75, 3.05) is 5.32 Å². The molecule has 1 aliphatic rings. The number of anilines is 1. The van der Waals surface area contributed by atoms with E-state index in [1.807, 2.05) is 35.7 Å². The van der Waals surface area contributed by atoms with Crippen molar-refractivity contribution in [1.29, 1.82) is 0 Å². The summed E-state index contributed by atoms with van der Waals surface area (Å²) in [5, 5.41) is 4.89. The number of ether oxygens (including phenoxy) is 1. The molecule has 0 spiro atoms. The van der Waals surface area contributed by atoms with Crippen LogP contribution in [0.4, 0.5) is 10.1 Å². The van der Waals surface area contributed by atoms with E-state index in [0.29, 0.717) is 17.7 Å². The molecule has 0 fully saturated rings. The largest absolute Gasteiger partial charge is 0.489 e. The van der Waals surface area contributed by atoms with Crippen LogP contribution in [0, 0.1) is 5.82 Å². The zero-order valence-electron chi connectivity index (χ0n) is 13.4. The molecule has 0 bridgehead atoms. The second-order valence-corrected chi connectivity index (χ2v) is 6.90. The van der Waals surface area contributed by atoms with Crippen LogP contribution in [0.25, 0.3) is 0 Å². The van der Waals surface area contributed by atoms with Crippen molar-refractivity contribution in [3.63, 3.8) is 0 Å². The Morgan fingerprint density at radius 3 is 2.92 bits per heavy atom. The van der Waals surface area contributed by atoms with Crippen LogP contribution >= 0.6 is 11.3 Å². The molecule has 2 heterocycles. The number of rotatable bonds is 4. The molecular formula is C20H16FNO2S. The van der Waals surface area contributed by atoms with Crippen LogP contribution < -0.4 is 10.1 Å². The highest BCUT2D eigenvalue weighted by Gasteiger charge is 2.27. The number of halogens is 1. The minimum Gasteiger partial charge on any atom is -0.489 e. The first-order valence-electron chi connectivity index (χ1n) is 8.04. The van der Waals surface area contributed by atoms with Gasteiger partial charge in [0.25, 0.3) is 0 Å². The number of amides is 1. The Bertz CT molecular complexity index is 921. The fourth-order valence-electron chi connectivity index (χ4n) is 3.04. The SMILES string of the molecule is O=C1C[C@@H](c2cccc(OCc3ccccc3F)c2)c2sccc2N1. The highest BCUT2D eigenvalue weighted by Crippen LogP contribution is 2.41. The summed E-state index contributed by atoms with van der Waals surface area (Å²) in [5.41, 5.74) is 2.44. The normalized spacial score (nSPS) is 16.2. The number of benzene rings is 2. The molecule has 3 aromatic rings. The third-order valence-electron chi connectivity index (χ3n) is 4.29. The van der Waals surface area contributed by atoms with E-state index in [1.54, 1.807) is 29.5 Å². The number of nitrogens with one attached hydrogen (secondary N) is 1. The molecule has 1 amide bonds. The van der Waals surface area contributed by atoms with Gasteiger partial charge in [-0.3, -0.25) is 4.79 Å². The van der Waals surface area contributed by atoms with E-state index in [4.69, 9.17) is 4.74 Å². The molecule has 0 unspecified atom stereocenters. The maximum Gasteiger partial charge on any atom is 0.225 e. The Balaban J connectivity index is 1.56. The predicted molar refractivity (Wildman–Crippen MR) is 96.6 cm³/mol. The van der Waals surface area contributed by atoms with E-state index >= 15 is 0 Å². The summed E-state index contributed by atoms with van der Waals surface area (Å²) in [6.07, 6.45) is 0.421. The number of thiophene rings is 1. The van der Waals surface area contributed by atoms with Crippen LogP contribution in [-0.2, 0) is 11.4 Å². The average Bonchev–Trinajstić information content (AvgIpc) is 3.09. The number of hydrogen-bond acceptors (Lipinski definition) is 3. The molecule has 1 aliphatic heterocycles. The van der Waals surface area contributed by atoms with Crippen molar-refractivity contribution < 1.29 is 13.9 Å². The minimum absolute atomic E-state index is 0.0218. The monoisotopic (exact) mass is 353 g/mol. The molecule has 5 heteroatoms. The first kappa shape index (κ1) is 15.8. The van der Waals surface area contributed by atoms with Crippen LogP contribution in [-0.4, -0.2) is 5.91 Å². The highest BCUT2D eigenvalue weighted by molar-refractivity contribution is 7.10. The summed E-state index contributed by atoms with van der Waals surface area (Å²) in [6, 6.07) is 16.2. The van der Waals surface area contributed by atoms with Gasteiger partial charge in [0.05, 0.1) is 5.69 Å². The van der Waals surface area contributed by atoms with Gasteiger partial charge in [0.2, 0.25) is 5.91 Å². The molecule has 0 saturated carbocycles. The number of carbonyl (C=O) groups excluding carboxylic acids is 1. The zero-order valence-corrected chi connectivity index (χ0v) is 14.2. The smallest absolute Gasteiger partial charge is 0.225 e. The van der Waals surface area contributed by atoms with Gasteiger partial charge < -0.3 is 10.1 Å². The van der Waals surface area contributed by atoms with E-state index in [-0.39, 0.29) is 24.2 Å². The van der Waals surface area contributed by atoms with Gasteiger partial charge in [-0.2, -0.15) is 0 Å². The second-order valence-electron chi connectivity index (χ2n) is 5.96. The molecule has 25 heavy (non-hydrogen) atoms. The third kappa shape index (κ3) is 3.28. The zero-order chi connectivity index (χ0) is 17.2. The summed E-state index contributed by atoms with van der Waals surface area (Å²) in [5.74, 6) is 0.449. The van der Waals surface area contributed by atoms with Crippen LogP contribution in [0.15, 0.2) is 60.0 Å². The van der Waals surface area contributed by atoms with E-state index in [2.05, 4.69) is 5.32 Å². The molecule has 1 N–H and O–H groups in total. The van der Waals surface area contributed by atoms with Gasteiger partial charge in [0.15, 0.2) is 0 Å². The Labute approximate surface area is 149 Å². The van der Waals surface area contributed by atoms with E-state index < -0.39 is 0 Å². The minimum atomic E-state index is -0.272. The lowest BCUT2D eigenvalue weighted by Crippen LogP contribution is -2.21. The molecule has 0 aliphatic carbocycles. The molecule has 0 radical (unpaired) electrons. The van der Waals surface area contributed by atoms with Crippen molar-refractivity contribution in [2.24, 2.45) is 0 Å². The maximum atomic E-state index is 13.7. The first-order chi connectivity index (χ1) is 12.2. The Kier molecular flexibility index (Phi) is 4.24. The molecular weight excluding hydrogens is 337 g/mol. The summed E-state index contributed by atoms with van der Waals surface area (Å²) < 4.78 is 19.5. The van der Waals surface area contributed by atoms with Gasteiger partial charge in [-0.05, 0) is 35.2 Å². The number of carbonyl (C=O) groups is 1. The predicted octanol–water partition coefficient (Wildman–Crippen LogP) is 4.94. The van der Waals surface area contributed by atoms with E-state index in [0.717, 1.165) is 16.1 Å². The van der Waals surface area contributed by atoms with Gasteiger partial charge in [-0.1, -0.05) is 30.3 Å². The number of fused-ring (bicyclic) bond motifs is 1. The fourth-order valence-corrected chi connectivity index (χ4v) is 4.02. The van der Waals surface area contributed by atoms with Crippen molar-refractivity contribution in [3.8, 4) is 5.75 Å². The fraction of sp³-hybridized carbons (Fsp3) is 0.150. The van der Waals surface area contributed by atoms with Crippen molar-refractivity contribution in [2.45, 2.75) is 18.9 Å². The average molecular weight is 353 g/mol. The van der Waals surface area contributed by atoms with Gasteiger partial charge in [0.1, 0.15) is 18.2 Å². The first-order valence-corrected chi connectivity index (χ1v) is 8.92. The van der Waals surface area contributed by atoms with Crippen molar-refractivity contribution in [3.05, 3.63) is 81.8 Å². The molecule has 2 aromatic carbocycles. The Morgan fingerprint density at radius 1 is 1.16 bits per heavy atom. The van der Waals surface area contributed by atoms with Crippen molar-refractivity contribution in [1.82, 2.24) is 0 Å². The topological polar surface area (TPSA) is 38.3 Å². The summed E-state index contributed by atoms with van der Waals surface area (Å²) >= 11 is 1.64. The molecule has 3 nitrogen and oxygen atoms in total. The Morgan fingerprint density at radius 2 is 2.04 bits per heavy atom. The van der Waals surface area contributed by atoms with Crippen LogP contribution in [0.3, 0.4) is 0 Å². The van der Waals surface area contributed by atoms with Gasteiger partial charge in [-0.15, -0.1) is 11.3 Å². The van der Waals surface area contributed by atoms with Crippen LogP contribution in [0.1, 0.15) is 28.3 Å². The molecule has 126 valence electrons. The lowest BCUT2D eigenvalue weighted by Gasteiger charge is -2.23. The van der Waals surface area contributed by atoms with Gasteiger partial charge in [0, 0.05) is 22.8 Å². The van der Waals surface area contributed by atoms with E-state index in [9.17, 15) is 9.18 Å². The standard InChI is InChI=1S/C20H16FNO2S/c21-17-7-2-1-4-14(17)12-24-15-6-3-5-13(10-15)16-11-19(23)22-18-8-9-25-20(16)18/h1-10,16H,11-12H2,(H,22,23)/t16-/m0/s1. The second kappa shape index (κ2) is 6.69.